The van der Waals surface area contributed by atoms with Gasteiger partial charge in [0.05, 0.1) is 36.2 Å². The van der Waals surface area contributed by atoms with E-state index in [-0.39, 0.29) is 6.61 Å². The molecule has 9 heteroatoms. The molecular formula is C25H30N6O3. The van der Waals surface area contributed by atoms with Crippen LogP contribution >= 0.6 is 0 Å². The quantitative estimate of drug-likeness (QED) is 0.583. The second-order valence-corrected chi connectivity index (χ2v) is 9.11. The summed E-state index contributed by atoms with van der Waals surface area (Å²) in [6.07, 6.45) is 15.3. The topological polar surface area (TPSA) is 111 Å². The molecule has 1 aliphatic carbocycles. The first-order chi connectivity index (χ1) is 16.5. The van der Waals surface area contributed by atoms with E-state index in [9.17, 15) is 9.90 Å². The van der Waals surface area contributed by atoms with Crippen LogP contribution in [0, 0.1) is 5.92 Å². The maximum absolute atomic E-state index is 12.5. The molecule has 1 saturated carbocycles. The number of aromatic nitrogens is 4. The van der Waals surface area contributed by atoms with Gasteiger partial charge in [-0.1, -0.05) is 12.2 Å². The number of aliphatic hydroxyl groups is 1. The van der Waals surface area contributed by atoms with Crippen LogP contribution < -0.4 is 15.4 Å². The molecule has 0 bridgehead atoms. The van der Waals surface area contributed by atoms with Crippen molar-refractivity contribution in [3.63, 3.8) is 0 Å². The Balaban J connectivity index is 1.57. The monoisotopic (exact) mass is 462 g/mol. The Labute approximate surface area is 198 Å². The Morgan fingerprint density at radius 3 is 2.68 bits per heavy atom. The highest BCUT2D eigenvalue weighted by Gasteiger charge is 2.31. The number of ether oxygens (including phenoxy) is 1. The number of aryl methyl sites for hydroxylation is 1. The largest absolute Gasteiger partial charge is 0.494 e. The number of aliphatic hydroxyl groups excluding tert-OH is 1. The van der Waals surface area contributed by atoms with Gasteiger partial charge < -0.3 is 20.5 Å². The van der Waals surface area contributed by atoms with E-state index in [1.165, 1.54) is 0 Å². The van der Waals surface area contributed by atoms with Gasteiger partial charge in [-0.05, 0) is 43.7 Å². The van der Waals surface area contributed by atoms with E-state index in [4.69, 9.17) is 15.6 Å². The Hall–Kier alpha value is -3.59. The number of fused-ring (bicyclic) bond motifs is 1. The van der Waals surface area contributed by atoms with Crippen molar-refractivity contribution in [1.29, 1.82) is 0 Å². The average Bonchev–Trinajstić information content (AvgIpc) is 3.48. The van der Waals surface area contributed by atoms with Gasteiger partial charge >= 0.3 is 0 Å². The second kappa shape index (κ2) is 8.98. The number of amides is 1. The number of carbonyl (C=O) groups is 1. The zero-order valence-corrected chi connectivity index (χ0v) is 19.5. The molecule has 2 aliphatic rings. The molecule has 1 amide bonds. The normalized spacial score (nSPS) is 22.7. The number of methoxy groups -OCH3 is 1. The van der Waals surface area contributed by atoms with Crippen molar-refractivity contribution in [2.24, 2.45) is 18.7 Å². The molecule has 178 valence electrons. The molecule has 5 rings (SSSR count). The number of nitrogens with two attached hydrogens (primary N) is 1. The fourth-order valence-corrected chi connectivity index (χ4v) is 5.05. The van der Waals surface area contributed by atoms with Crippen LogP contribution in [0.2, 0.25) is 0 Å². The molecule has 2 aromatic heterocycles. The number of carbonyl (C=O) groups excluding carboxylic acids is 1. The van der Waals surface area contributed by atoms with Crippen LogP contribution in [0.25, 0.3) is 16.6 Å². The molecule has 0 spiro atoms. The van der Waals surface area contributed by atoms with Gasteiger partial charge in [0, 0.05) is 43.1 Å². The number of primary amides is 1. The molecule has 1 unspecified atom stereocenters. The highest BCUT2D eigenvalue weighted by Crippen LogP contribution is 2.41. The Kier molecular flexibility index (Phi) is 5.87. The van der Waals surface area contributed by atoms with E-state index in [1.807, 2.05) is 47.1 Å². The van der Waals surface area contributed by atoms with Crippen LogP contribution in [0.5, 0.6) is 5.75 Å². The highest BCUT2D eigenvalue weighted by molar-refractivity contribution is 5.98. The van der Waals surface area contributed by atoms with E-state index in [1.54, 1.807) is 24.1 Å². The predicted molar refractivity (Wildman–Crippen MR) is 130 cm³/mol. The van der Waals surface area contributed by atoms with Crippen molar-refractivity contribution in [3.8, 4) is 5.75 Å². The van der Waals surface area contributed by atoms with Gasteiger partial charge in [-0.15, -0.1) is 0 Å². The smallest absolute Gasteiger partial charge is 0.244 e. The molecule has 1 aliphatic heterocycles. The average molecular weight is 463 g/mol. The summed E-state index contributed by atoms with van der Waals surface area (Å²) in [6.45, 7) is 0.256. The summed E-state index contributed by atoms with van der Waals surface area (Å²) >= 11 is 0. The fourth-order valence-electron chi connectivity index (χ4n) is 5.05. The molecule has 1 fully saturated rings. The van der Waals surface area contributed by atoms with E-state index in [2.05, 4.69) is 11.3 Å². The summed E-state index contributed by atoms with van der Waals surface area (Å²) < 4.78 is 9.53. The second-order valence-electron chi connectivity index (χ2n) is 9.11. The summed E-state index contributed by atoms with van der Waals surface area (Å²) in [7, 11) is 3.47. The van der Waals surface area contributed by atoms with Gasteiger partial charge in [-0.3, -0.25) is 14.2 Å². The summed E-state index contributed by atoms with van der Waals surface area (Å²) in [4.78, 5) is 14.4. The lowest BCUT2D eigenvalue weighted by Gasteiger charge is -2.34. The maximum Gasteiger partial charge on any atom is 0.244 e. The number of benzene rings is 1. The molecule has 1 atom stereocenters. The van der Waals surface area contributed by atoms with Gasteiger partial charge in [0.15, 0.2) is 0 Å². The molecule has 3 N–H and O–H groups in total. The van der Waals surface area contributed by atoms with Gasteiger partial charge in [0.25, 0.3) is 0 Å². The van der Waals surface area contributed by atoms with Crippen LogP contribution in [-0.4, -0.2) is 50.3 Å². The Morgan fingerprint density at radius 2 is 2.03 bits per heavy atom. The molecule has 0 saturated heterocycles. The summed E-state index contributed by atoms with van der Waals surface area (Å²) in [5, 5.41) is 19.5. The minimum atomic E-state index is -0.671. The number of hydrogen-bond donors (Lipinski definition) is 2. The van der Waals surface area contributed by atoms with Crippen molar-refractivity contribution < 1.29 is 14.6 Å². The maximum atomic E-state index is 12.5. The zero-order chi connectivity index (χ0) is 23.8. The third-order valence-corrected chi connectivity index (χ3v) is 6.91. The van der Waals surface area contributed by atoms with E-state index >= 15 is 0 Å². The number of allylic oxidation sites excluding steroid dienone is 2. The fraction of sp³-hybridized carbons (Fsp3) is 0.400. The number of anilines is 1. The lowest BCUT2D eigenvalue weighted by atomic mass is 9.87. The first kappa shape index (κ1) is 22.2. The van der Waals surface area contributed by atoms with Gasteiger partial charge in [0.2, 0.25) is 5.91 Å². The lowest BCUT2D eigenvalue weighted by Crippen LogP contribution is -2.43. The van der Waals surface area contributed by atoms with E-state index in [0.717, 1.165) is 53.5 Å². The third kappa shape index (κ3) is 3.96. The van der Waals surface area contributed by atoms with Crippen LogP contribution in [0.15, 0.2) is 49.0 Å². The molecule has 9 nitrogen and oxygen atoms in total. The molecule has 3 heterocycles. The molecule has 34 heavy (non-hydrogen) atoms. The van der Waals surface area contributed by atoms with Crippen molar-refractivity contribution in [3.05, 3.63) is 54.5 Å². The van der Waals surface area contributed by atoms with Crippen molar-refractivity contribution in [1.82, 2.24) is 19.6 Å². The predicted octanol–water partition coefficient (Wildman–Crippen LogP) is 2.77. The Bertz CT molecular complexity index is 1260. The molecule has 1 aromatic carbocycles. The summed E-state index contributed by atoms with van der Waals surface area (Å²) in [5.41, 5.74) is 9.07. The minimum absolute atomic E-state index is 0.256. The van der Waals surface area contributed by atoms with E-state index in [0.29, 0.717) is 17.7 Å². The standard InChI is InChI=1S/C25H30N6O3/c1-29-13-18(12-27-29)21-4-3-5-22(25(26)33)31(21)23-10-17-14-30(28-20(17)11-24(23)34-2)19-8-6-16(15-32)7-9-19/h3-5,10-14,16,19,22,32H,6-9,15H2,1-2H3,(H2,26,33). The Morgan fingerprint density at radius 1 is 1.24 bits per heavy atom. The summed E-state index contributed by atoms with van der Waals surface area (Å²) in [6, 6.07) is 3.57. The first-order valence-electron chi connectivity index (χ1n) is 11.6. The SMILES string of the molecule is COc1cc2nn(C3CCC(CO)CC3)cc2cc1N1C(c2cnn(C)c2)=CC=CC1C(N)=O. The molecule has 0 radical (unpaired) electrons. The van der Waals surface area contributed by atoms with E-state index < -0.39 is 11.9 Å². The number of rotatable bonds is 6. The molecular weight excluding hydrogens is 432 g/mol. The number of hydrogen-bond acceptors (Lipinski definition) is 6. The molecule has 3 aromatic rings. The lowest BCUT2D eigenvalue weighted by molar-refractivity contribution is -0.118. The van der Waals surface area contributed by atoms with Gasteiger partial charge in [-0.25, -0.2) is 0 Å². The van der Waals surface area contributed by atoms with Crippen LogP contribution in [0.1, 0.15) is 37.3 Å². The summed E-state index contributed by atoms with van der Waals surface area (Å²) in [5.74, 6) is 0.547. The van der Waals surface area contributed by atoms with Gasteiger partial charge in [0.1, 0.15) is 11.8 Å². The third-order valence-electron chi connectivity index (χ3n) is 6.91. The van der Waals surface area contributed by atoms with Crippen molar-refractivity contribution in [2.45, 2.75) is 37.8 Å². The van der Waals surface area contributed by atoms with Crippen LogP contribution in [0.4, 0.5) is 5.69 Å². The van der Waals surface area contributed by atoms with Gasteiger partial charge in [-0.2, -0.15) is 10.2 Å². The van der Waals surface area contributed by atoms with Crippen LogP contribution in [0.3, 0.4) is 0 Å². The zero-order valence-electron chi connectivity index (χ0n) is 19.5. The number of nitrogens with zero attached hydrogens (tertiary/aromatic N) is 5. The highest BCUT2D eigenvalue weighted by atomic mass is 16.5. The first-order valence-corrected chi connectivity index (χ1v) is 11.6. The van der Waals surface area contributed by atoms with Crippen molar-refractivity contribution in [2.75, 3.05) is 18.6 Å². The van der Waals surface area contributed by atoms with Crippen LogP contribution in [-0.2, 0) is 11.8 Å². The van der Waals surface area contributed by atoms with Crippen molar-refractivity contribution >= 4 is 28.2 Å². The minimum Gasteiger partial charge on any atom is -0.494 e.